The summed E-state index contributed by atoms with van der Waals surface area (Å²) in [7, 11) is 0. The lowest BCUT2D eigenvalue weighted by molar-refractivity contribution is -0.134. The number of amides is 2. The van der Waals surface area contributed by atoms with Gasteiger partial charge >= 0.3 is 0 Å². The molecule has 1 aromatic rings. The van der Waals surface area contributed by atoms with Gasteiger partial charge in [-0.25, -0.2) is 0 Å². The Hall–Kier alpha value is -1.84. The summed E-state index contributed by atoms with van der Waals surface area (Å²) < 4.78 is 0. The molecule has 1 aliphatic carbocycles. The van der Waals surface area contributed by atoms with Crippen LogP contribution in [-0.4, -0.2) is 29.8 Å². The van der Waals surface area contributed by atoms with Gasteiger partial charge in [-0.15, -0.1) is 0 Å². The highest BCUT2D eigenvalue weighted by atomic mass is 16.2. The molecular weight excluding hydrogens is 288 g/mol. The summed E-state index contributed by atoms with van der Waals surface area (Å²) in [4.78, 5) is 26.7. The van der Waals surface area contributed by atoms with E-state index < -0.39 is 0 Å². The Labute approximate surface area is 139 Å². The van der Waals surface area contributed by atoms with E-state index in [0.717, 1.165) is 31.5 Å². The second-order valence-electron chi connectivity index (χ2n) is 6.42. The van der Waals surface area contributed by atoms with E-state index in [1.54, 1.807) is 0 Å². The van der Waals surface area contributed by atoms with Crippen molar-refractivity contribution in [1.29, 1.82) is 0 Å². The van der Waals surface area contributed by atoms with Crippen molar-refractivity contribution in [2.24, 2.45) is 11.8 Å². The highest BCUT2D eigenvalue weighted by molar-refractivity contribution is 5.92. The van der Waals surface area contributed by atoms with E-state index in [1.807, 2.05) is 36.1 Å². The van der Waals surface area contributed by atoms with E-state index in [4.69, 9.17) is 0 Å². The van der Waals surface area contributed by atoms with Crippen LogP contribution in [0, 0.1) is 18.8 Å². The number of carbonyl (C=O) groups is 2. The van der Waals surface area contributed by atoms with Crippen molar-refractivity contribution in [3.05, 3.63) is 35.4 Å². The second-order valence-corrected chi connectivity index (χ2v) is 6.42. The minimum Gasteiger partial charge on any atom is -0.352 e. The predicted molar refractivity (Wildman–Crippen MR) is 91.8 cm³/mol. The minimum atomic E-state index is -0.136. The molecule has 1 fully saturated rings. The Balaban J connectivity index is 1.84. The Kier molecular flexibility index (Phi) is 6.20. The van der Waals surface area contributed by atoms with Crippen molar-refractivity contribution in [2.45, 2.75) is 46.6 Å². The van der Waals surface area contributed by atoms with Crippen molar-refractivity contribution in [3.8, 4) is 0 Å². The van der Waals surface area contributed by atoms with Gasteiger partial charge in [0.15, 0.2) is 0 Å². The Morgan fingerprint density at radius 2 is 1.78 bits per heavy atom. The maximum Gasteiger partial charge on any atom is 0.226 e. The van der Waals surface area contributed by atoms with Crippen LogP contribution in [0.3, 0.4) is 0 Å². The lowest BCUT2D eigenvalue weighted by Crippen LogP contribution is -2.35. The van der Waals surface area contributed by atoms with Gasteiger partial charge in [0.25, 0.3) is 0 Å². The number of hydrogen-bond donors (Lipinski definition) is 1. The summed E-state index contributed by atoms with van der Waals surface area (Å²) in [6, 6.07) is 8.03. The molecule has 1 aromatic carbocycles. The highest BCUT2D eigenvalue weighted by Crippen LogP contribution is 2.40. The van der Waals surface area contributed by atoms with Gasteiger partial charge in [-0.1, -0.05) is 38.1 Å². The van der Waals surface area contributed by atoms with Crippen LogP contribution in [0.1, 0.15) is 44.2 Å². The topological polar surface area (TPSA) is 49.4 Å². The zero-order valence-electron chi connectivity index (χ0n) is 14.5. The molecule has 0 radical (unpaired) electrons. The first-order valence-corrected chi connectivity index (χ1v) is 8.69. The van der Waals surface area contributed by atoms with Crippen molar-refractivity contribution in [2.75, 3.05) is 13.1 Å². The van der Waals surface area contributed by atoms with Gasteiger partial charge in [-0.05, 0) is 37.3 Å². The van der Waals surface area contributed by atoms with Gasteiger partial charge in [0.1, 0.15) is 0 Å². The molecule has 126 valence electrons. The molecule has 0 heterocycles. The van der Waals surface area contributed by atoms with Crippen molar-refractivity contribution >= 4 is 11.8 Å². The highest BCUT2D eigenvalue weighted by Gasteiger charge is 2.49. The van der Waals surface area contributed by atoms with Gasteiger partial charge in [0.05, 0.1) is 11.8 Å². The summed E-state index contributed by atoms with van der Waals surface area (Å²) in [5.74, 6) is -0.0722. The Morgan fingerprint density at radius 1 is 1.13 bits per heavy atom. The molecule has 1 saturated carbocycles. The van der Waals surface area contributed by atoms with Crippen molar-refractivity contribution in [1.82, 2.24) is 10.2 Å². The van der Waals surface area contributed by atoms with Crippen LogP contribution < -0.4 is 5.32 Å². The lowest BCUT2D eigenvalue weighted by atomic mass is 10.1. The summed E-state index contributed by atoms with van der Waals surface area (Å²) in [6.07, 6.45) is 2.62. The third kappa shape index (κ3) is 4.57. The molecule has 4 heteroatoms. The van der Waals surface area contributed by atoms with Crippen LogP contribution in [-0.2, 0) is 16.1 Å². The van der Waals surface area contributed by atoms with Gasteiger partial charge in [0.2, 0.25) is 11.8 Å². The number of hydrogen-bond acceptors (Lipinski definition) is 2. The smallest absolute Gasteiger partial charge is 0.226 e. The van der Waals surface area contributed by atoms with Gasteiger partial charge in [0, 0.05) is 19.6 Å². The number of nitrogens with zero attached hydrogens (tertiary/aromatic N) is 1. The maximum absolute atomic E-state index is 12.5. The monoisotopic (exact) mass is 316 g/mol. The van der Waals surface area contributed by atoms with Crippen LogP contribution in [0.5, 0.6) is 0 Å². The SMILES string of the molecule is CCCN(CCC)C(=O)C1CC1C(=O)NCc1ccccc1C. The predicted octanol–water partition coefficient (Wildman–Crippen LogP) is 2.90. The van der Waals surface area contributed by atoms with Crippen molar-refractivity contribution < 1.29 is 9.59 Å². The quantitative estimate of drug-likeness (QED) is 0.801. The molecular formula is C19H28N2O2. The average Bonchev–Trinajstić information content (AvgIpc) is 3.33. The third-order valence-corrected chi connectivity index (χ3v) is 4.46. The number of aryl methyl sites for hydroxylation is 1. The molecule has 2 unspecified atom stereocenters. The first kappa shape index (κ1) is 17.5. The fourth-order valence-corrected chi connectivity index (χ4v) is 2.99. The van der Waals surface area contributed by atoms with E-state index in [9.17, 15) is 9.59 Å². The van der Waals surface area contributed by atoms with Crippen molar-refractivity contribution in [3.63, 3.8) is 0 Å². The molecule has 4 nitrogen and oxygen atoms in total. The maximum atomic E-state index is 12.5. The zero-order chi connectivity index (χ0) is 16.8. The first-order chi connectivity index (χ1) is 11.1. The van der Waals surface area contributed by atoms with E-state index in [2.05, 4.69) is 19.2 Å². The summed E-state index contributed by atoms with van der Waals surface area (Å²) in [6.45, 7) is 8.32. The van der Waals surface area contributed by atoms with Gasteiger partial charge in [-0.2, -0.15) is 0 Å². The molecule has 2 rings (SSSR count). The Morgan fingerprint density at radius 3 is 2.39 bits per heavy atom. The molecule has 1 aliphatic rings. The molecule has 2 atom stereocenters. The number of rotatable bonds is 8. The average molecular weight is 316 g/mol. The number of nitrogens with one attached hydrogen (secondary N) is 1. The second kappa shape index (κ2) is 8.14. The van der Waals surface area contributed by atoms with E-state index in [-0.39, 0.29) is 23.7 Å². The summed E-state index contributed by atoms with van der Waals surface area (Å²) in [5.41, 5.74) is 2.30. The lowest BCUT2D eigenvalue weighted by Gasteiger charge is -2.21. The molecule has 2 amide bonds. The molecule has 0 saturated heterocycles. The van der Waals surface area contributed by atoms with Gasteiger partial charge < -0.3 is 10.2 Å². The van der Waals surface area contributed by atoms with Gasteiger partial charge in [-0.3, -0.25) is 9.59 Å². The van der Waals surface area contributed by atoms with E-state index in [0.29, 0.717) is 13.0 Å². The largest absolute Gasteiger partial charge is 0.352 e. The summed E-state index contributed by atoms with van der Waals surface area (Å²) >= 11 is 0. The molecule has 0 bridgehead atoms. The zero-order valence-corrected chi connectivity index (χ0v) is 14.5. The van der Waals surface area contributed by atoms with Crippen LogP contribution >= 0.6 is 0 Å². The summed E-state index contributed by atoms with van der Waals surface area (Å²) in [5, 5.41) is 2.98. The molecule has 1 N–H and O–H groups in total. The van der Waals surface area contributed by atoms with Crippen LogP contribution in [0.2, 0.25) is 0 Å². The molecule has 23 heavy (non-hydrogen) atoms. The van der Waals surface area contributed by atoms with Crippen LogP contribution in [0.4, 0.5) is 0 Å². The minimum absolute atomic E-state index is 0.0135. The number of carbonyl (C=O) groups excluding carboxylic acids is 2. The van der Waals surface area contributed by atoms with E-state index in [1.165, 1.54) is 5.56 Å². The molecule has 0 spiro atoms. The third-order valence-electron chi connectivity index (χ3n) is 4.46. The normalized spacial score (nSPS) is 19.3. The van der Waals surface area contributed by atoms with E-state index >= 15 is 0 Å². The Bertz CT molecular complexity index is 550. The molecule has 0 aromatic heterocycles. The van der Waals surface area contributed by atoms with Crippen LogP contribution in [0.25, 0.3) is 0 Å². The van der Waals surface area contributed by atoms with Crippen LogP contribution in [0.15, 0.2) is 24.3 Å². The first-order valence-electron chi connectivity index (χ1n) is 8.69. The fraction of sp³-hybridized carbons (Fsp3) is 0.579. The fourth-order valence-electron chi connectivity index (χ4n) is 2.99. The standard InChI is InChI=1S/C19H28N2O2/c1-4-10-21(11-5-2)19(23)17-12-16(17)18(22)20-13-15-9-7-6-8-14(15)3/h6-9,16-17H,4-5,10-13H2,1-3H3,(H,20,22). The molecule has 0 aliphatic heterocycles. The number of benzene rings is 1.